The minimum atomic E-state index is 0.554. The van der Waals surface area contributed by atoms with Gasteiger partial charge in [-0.25, -0.2) is 0 Å². The zero-order valence-corrected chi connectivity index (χ0v) is 9.27. The maximum absolute atomic E-state index is 6.03. The van der Waals surface area contributed by atoms with Crippen molar-refractivity contribution in [3.8, 4) is 0 Å². The third kappa shape index (κ3) is 1.07. The first-order valence-electron chi connectivity index (χ1n) is 5.51. The van der Waals surface area contributed by atoms with E-state index in [-0.39, 0.29) is 0 Å². The Morgan fingerprint density at radius 3 is 2.93 bits per heavy atom. The third-order valence-electron chi connectivity index (χ3n) is 4.13. The molecule has 1 aromatic carbocycles. The van der Waals surface area contributed by atoms with Crippen LogP contribution in [0.3, 0.4) is 0 Å². The van der Waals surface area contributed by atoms with E-state index >= 15 is 0 Å². The van der Waals surface area contributed by atoms with Crippen LogP contribution in [0.4, 0.5) is 0 Å². The molecule has 0 amide bonds. The molecule has 1 spiro atoms. The third-order valence-corrected chi connectivity index (χ3v) is 4.36. The van der Waals surface area contributed by atoms with Gasteiger partial charge in [0.15, 0.2) is 0 Å². The number of hydrogen-bond donors (Lipinski definition) is 0. The average molecular weight is 207 g/mol. The first kappa shape index (κ1) is 8.79. The second-order valence-corrected chi connectivity index (χ2v) is 5.35. The van der Waals surface area contributed by atoms with Gasteiger partial charge in [0.05, 0.1) is 0 Å². The van der Waals surface area contributed by atoms with Crippen LogP contribution < -0.4 is 0 Å². The van der Waals surface area contributed by atoms with Crippen molar-refractivity contribution in [2.75, 3.05) is 0 Å². The van der Waals surface area contributed by atoms with E-state index in [1.807, 2.05) is 0 Å². The zero-order valence-electron chi connectivity index (χ0n) is 8.52. The van der Waals surface area contributed by atoms with E-state index in [1.54, 1.807) is 5.56 Å². The van der Waals surface area contributed by atoms with Gasteiger partial charge in [0.2, 0.25) is 0 Å². The van der Waals surface area contributed by atoms with Crippen LogP contribution in [0, 0.1) is 5.92 Å². The summed E-state index contributed by atoms with van der Waals surface area (Å²) in [5, 5.41) is 0.897. The summed E-state index contributed by atoms with van der Waals surface area (Å²) in [6.07, 6.45) is 5.35. The Balaban J connectivity index is 2.12. The van der Waals surface area contributed by atoms with Gasteiger partial charge < -0.3 is 0 Å². The normalized spacial score (nSPS) is 34.3. The highest BCUT2D eigenvalue weighted by atomic mass is 35.5. The fourth-order valence-corrected chi connectivity index (χ4v) is 3.39. The van der Waals surface area contributed by atoms with Crippen molar-refractivity contribution in [2.24, 2.45) is 5.92 Å². The fraction of sp³-hybridized carbons (Fsp3) is 0.538. The molecule has 0 aliphatic heterocycles. The van der Waals surface area contributed by atoms with Gasteiger partial charge in [-0.1, -0.05) is 24.6 Å². The fourth-order valence-electron chi connectivity index (χ4n) is 3.20. The van der Waals surface area contributed by atoms with E-state index in [1.165, 1.54) is 31.2 Å². The summed E-state index contributed by atoms with van der Waals surface area (Å²) >= 11 is 6.03. The monoisotopic (exact) mass is 206 g/mol. The van der Waals surface area contributed by atoms with Crippen molar-refractivity contribution in [2.45, 2.75) is 38.0 Å². The summed E-state index contributed by atoms with van der Waals surface area (Å²) < 4.78 is 0. The summed E-state index contributed by atoms with van der Waals surface area (Å²) in [4.78, 5) is 0. The van der Waals surface area contributed by atoms with E-state index in [4.69, 9.17) is 11.6 Å². The molecule has 2 aliphatic carbocycles. The van der Waals surface area contributed by atoms with Crippen molar-refractivity contribution in [1.82, 2.24) is 0 Å². The lowest BCUT2D eigenvalue weighted by molar-refractivity contribution is 0.509. The largest absolute Gasteiger partial charge is 0.0843 e. The Bertz CT molecular complexity index is 383. The van der Waals surface area contributed by atoms with Crippen LogP contribution in [-0.4, -0.2) is 0 Å². The van der Waals surface area contributed by atoms with Gasteiger partial charge in [-0.2, -0.15) is 0 Å². The van der Waals surface area contributed by atoms with Gasteiger partial charge in [-0.3, -0.25) is 0 Å². The van der Waals surface area contributed by atoms with Gasteiger partial charge in [-0.05, 0) is 60.3 Å². The SMILES string of the molecule is CC1CC12CCCc1cc(Cl)ccc12. The van der Waals surface area contributed by atoms with Crippen molar-refractivity contribution >= 4 is 11.6 Å². The average Bonchev–Trinajstić information content (AvgIpc) is 2.77. The number of aryl methyl sites for hydroxylation is 1. The Morgan fingerprint density at radius 2 is 2.21 bits per heavy atom. The van der Waals surface area contributed by atoms with Gasteiger partial charge in [0.25, 0.3) is 0 Å². The number of rotatable bonds is 0. The maximum Gasteiger partial charge on any atom is 0.0408 e. The minimum absolute atomic E-state index is 0.554. The highest BCUT2D eigenvalue weighted by Crippen LogP contribution is 2.60. The molecule has 1 heteroatoms. The number of benzene rings is 1. The van der Waals surface area contributed by atoms with Crippen molar-refractivity contribution in [3.05, 3.63) is 34.3 Å². The van der Waals surface area contributed by atoms with Crippen LogP contribution >= 0.6 is 11.6 Å². The Kier molecular flexibility index (Phi) is 1.73. The minimum Gasteiger partial charge on any atom is -0.0843 e. The van der Waals surface area contributed by atoms with Crippen LogP contribution in [0.5, 0.6) is 0 Å². The molecule has 0 N–H and O–H groups in total. The second kappa shape index (κ2) is 2.76. The van der Waals surface area contributed by atoms with Gasteiger partial charge >= 0.3 is 0 Å². The van der Waals surface area contributed by atoms with Crippen LogP contribution in [-0.2, 0) is 11.8 Å². The van der Waals surface area contributed by atoms with E-state index in [0.29, 0.717) is 5.41 Å². The molecule has 2 aliphatic rings. The molecule has 2 unspecified atom stereocenters. The van der Waals surface area contributed by atoms with Crippen molar-refractivity contribution in [3.63, 3.8) is 0 Å². The van der Waals surface area contributed by atoms with Crippen LogP contribution in [0.2, 0.25) is 5.02 Å². The molecule has 1 aromatic rings. The molecule has 0 saturated heterocycles. The maximum atomic E-state index is 6.03. The highest BCUT2D eigenvalue weighted by molar-refractivity contribution is 6.30. The smallest absolute Gasteiger partial charge is 0.0408 e. The molecule has 0 radical (unpaired) electrons. The first-order chi connectivity index (χ1) is 6.72. The summed E-state index contributed by atoms with van der Waals surface area (Å²) in [5.41, 5.74) is 3.66. The predicted molar refractivity (Wildman–Crippen MR) is 59.8 cm³/mol. The molecular weight excluding hydrogens is 192 g/mol. The van der Waals surface area contributed by atoms with Crippen molar-refractivity contribution in [1.29, 1.82) is 0 Å². The lowest BCUT2D eigenvalue weighted by atomic mass is 9.79. The Labute approximate surface area is 90.3 Å². The van der Waals surface area contributed by atoms with E-state index < -0.39 is 0 Å². The molecular formula is C13H15Cl. The van der Waals surface area contributed by atoms with Crippen LogP contribution in [0.15, 0.2) is 18.2 Å². The van der Waals surface area contributed by atoms with Gasteiger partial charge in [-0.15, -0.1) is 0 Å². The Morgan fingerprint density at radius 1 is 1.43 bits per heavy atom. The van der Waals surface area contributed by atoms with Crippen molar-refractivity contribution < 1.29 is 0 Å². The predicted octanol–water partition coefficient (Wildman–Crippen LogP) is 3.95. The molecule has 1 saturated carbocycles. The second-order valence-electron chi connectivity index (χ2n) is 4.92. The molecule has 74 valence electrons. The lowest BCUT2D eigenvalue weighted by Crippen LogP contribution is -2.17. The van der Waals surface area contributed by atoms with Crippen LogP contribution in [0.25, 0.3) is 0 Å². The molecule has 0 aromatic heterocycles. The summed E-state index contributed by atoms with van der Waals surface area (Å²) in [5.74, 6) is 0.891. The van der Waals surface area contributed by atoms with E-state index in [9.17, 15) is 0 Å². The van der Waals surface area contributed by atoms with E-state index in [2.05, 4.69) is 25.1 Å². The number of halogens is 1. The molecule has 1 fully saturated rings. The van der Waals surface area contributed by atoms with Gasteiger partial charge in [0.1, 0.15) is 0 Å². The summed E-state index contributed by atoms with van der Waals surface area (Å²) in [6, 6.07) is 6.49. The first-order valence-corrected chi connectivity index (χ1v) is 5.89. The topological polar surface area (TPSA) is 0 Å². The van der Waals surface area contributed by atoms with Crippen LogP contribution in [0.1, 0.15) is 37.3 Å². The lowest BCUT2D eigenvalue weighted by Gasteiger charge is -2.26. The quantitative estimate of drug-likeness (QED) is 0.603. The highest BCUT2D eigenvalue weighted by Gasteiger charge is 2.53. The number of fused-ring (bicyclic) bond motifs is 2. The zero-order chi connectivity index (χ0) is 9.76. The summed E-state index contributed by atoms with van der Waals surface area (Å²) in [7, 11) is 0. The van der Waals surface area contributed by atoms with E-state index in [0.717, 1.165) is 10.9 Å². The summed E-state index contributed by atoms with van der Waals surface area (Å²) in [6.45, 7) is 2.38. The Hall–Kier alpha value is -0.490. The van der Waals surface area contributed by atoms with Gasteiger partial charge in [0, 0.05) is 5.02 Å². The molecule has 0 nitrogen and oxygen atoms in total. The molecule has 14 heavy (non-hydrogen) atoms. The molecule has 3 rings (SSSR count). The molecule has 0 bridgehead atoms. The molecule has 2 atom stereocenters. The molecule has 0 heterocycles. The number of hydrogen-bond acceptors (Lipinski definition) is 0. The standard InChI is InChI=1S/C13H15Cl/c1-9-8-13(9)6-2-3-10-7-11(14)4-5-12(10)13/h4-5,7,9H,2-3,6,8H2,1H3.